The molecule has 0 aliphatic carbocycles. The van der Waals surface area contributed by atoms with Gasteiger partial charge in [0.2, 0.25) is 5.89 Å². The molecule has 1 aliphatic heterocycles. The van der Waals surface area contributed by atoms with Gasteiger partial charge in [0.15, 0.2) is 0 Å². The van der Waals surface area contributed by atoms with E-state index in [1.807, 2.05) is 19.1 Å². The van der Waals surface area contributed by atoms with Gasteiger partial charge in [-0.25, -0.2) is 0 Å². The number of hydrogen-bond donors (Lipinski definition) is 0. The van der Waals surface area contributed by atoms with E-state index in [1.54, 1.807) is 17.0 Å². The zero-order chi connectivity index (χ0) is 17.3. The van der Waals surface area contributed by atoms with Crippen molar-refractivity contribution in [1.29, 1.82) is 0 Å². The SMILES string of the molecule is Cc1ccc(C(=O)N2CCC(c3nnc(C(F)(F)F)o3)CC2)cc1. The van der Waals surface area contributed by atoms with Gasteiger partial charge in [-0.05, 0) is 31.9 Å². The van der Waals surface area contributed by atoms with Crippen LogP contribution in [0.5, 0.6) is 0 Å². The quantitative estimate of drug-likeness (QED) is 0.841. The summed E-state index contributed by atoms with van der Waals surface area (Å²) in [6, 6.07) is 7.29. The molecule has 1 aliphatic rings. The summed E-state index contributed by atoms with van der Waals surface area (Å²) in [5, 5.41) is 6.55. The van der Waals surface area contributed by atoms with Gasteiger partial charge in [0, 0.05) is 24.6 Å². The highest BCUT2D eigenvalue weighted by Crippen LogP contribution is 2.32. The molecule has 0 N–H and O–H groups in total. The van der Waals surface area contributed by atoms with Crippen molar-refractivity contribution in [2.24, 2.45) is 0 Å². The van der Waals surface area contributed by atoms with Gasteiger partial charge in [0.1, 0.15) is 0 Å². The Balaban J connectivity index is 1.62. The van der Waals surface area contributed by atoms with E-state index in [-0.39, 0.29) is 17.7 Å². The van der Waals surface area contributed by atoms with Crippen molar-refractivity contribution in [2.45, 2.75) is 31.9 Å². The zero-order valence-corrected chi connectivity index (χ0v) is 13.0. The highest BCUT2D eigenvalue weighted by atomic mass is 19.4. The van der Waals surface area contributed by atoms with Crippen LogP contribution in [0.4, 0.5) is 13.2 Å². The van der Waals surface area contributed by atoms with Crippen LogP contribution in [0.2, 0.25) is 0 Å². The summed E-state index contributed by atoms with van der Waals surface area (Å²) in [4.78, 5) is 14.1. The summed E-state index contributed by atoms with van der Waals surface area (Å²) >= 11 is 0. The molecule has 1 aromatic carbocycles. The van der Waals surface area contributed by atoms with Gasteiger partial charge in [-0.15, -0.1) is 10.2 Å². The van der Waals surface area contributed by atoms with Gasteiger partial charge in [-0.2, -0.15) is 13.2 Å². The molecular weight excluding hydrogens is 323 g/mol. The maximum Gasteiger partial charge on any atom is 0.470 e. The molecule has 1 saturated heterocycles. The van der Waals surface area contributed by atoms with Crippen LogP contribution < -0.4 is 0 Å². The lowest BCUT2D eigenvalue weighted by Gasteiger charge is -2.30. The minimum Gasteiger partial charge on any atom is -0.417 e. The Morgan fingerprint density at radius 3 is 2.33 bits per heavy atom. The topological polar surface area (TPSA) is 59.2 Å². The number of amides is 1. The monoisotopic (exact) mass is 339 g/mol. The van der Waals surface area contributed by atoms with Crippen LogP contribution in [0.15, 0.2) is 28.7 Å². The molecule has 128 valence electrons. The average Bonchev–Trinajstić information content (AvgIpc) is 3.05. The first-order valence-electron chi connectivity index (χ1n) is 7.61. The number of carbonyl (C=O) groups excluding carboxylic acids is 1. The number of hydrogen-bond acceptors (Lipinski definition) is 4. The number of aryl methyl sites for hydroxylation is 1. The normalized spacial score (nSPS) is 16.4. The number of piperidine rings is 1. The van der Waals surface area contributed by atoms with Crippen LogP contribution in [-0.4, -0.2) is 34.1 Å². The number of alkyl halides is 3. The predicted octanol–water partition coefficient (Wildman–Crippen LogP) is 3.42. The zero-order valence-electron chi connectivity index (χ0n) is 13.0. The molecule has 0 saturated carbocycles. The molecule has 2 aromatic rings. The summed E-state index contributed by atoms with van der Waals surface area (Å²) in [6.45, 7) is 2.83. The van der Waals surface area contributed by atoms with E-state index in [9.17, 15) is 18.0 Å². The molecule has 0 unspecified atom stereocenters. The molecule has 1 aromatic heterocycles. The van der Waals surface area contributed by atoms with E-state index < -0.39 is 12.1 Å². The number of nitrogens with zero attached hydrogens (tertiary/aromatic N) is 3. The Morgan fingerprint density at radius 2 is 1.79 bits per heavy atom. The van der Waals surface area contributed by atoms with Crippen LogP contribution in [-0.2, 0) is 6.18 Å². The van der Waals surface area contributed by atoms with Crippen LogP contribution in [0, 0.1) is 6.92 Å². The minimum absolute atomic E-state index is 0.00948. The number of carbonyl (C=O) groups is 1. The Morgan fingerprint density at radius 1 is 1.17 bits per heavy atom. The molecule has 1 amide bonds. The minimum atomic E-state index is -4.63. The van der Waals surface area contributed by atoms with Crippen molar-refractivity contribution in [3.05, 3.63) is 47.2 Å². The van der Waals surface area contributed by atoms with Crippen molar-refractivity contribution < 1.29 is 22.4 Å². The van der Waals surface area contributed by atoms with Crippen molar-refractivity contribution in [1.82, 2.24) is 15.1 Å². The van der Waals surface area contributed by atoms with Gasteiger partial charge in [-0.1, -0.05) is 17.7 Å². The van der Waals surface area contributed by atoms with E-state index in [1.165, 1.54) is 0 Å². The molecule has 0 radical (unpaired) electrons. The maximum absolute atomic E-state index is 12.5. The van der Waals surface area contributed by atoms with E-state index in [2.05, 4.69) is 10.2 Å². The molecule has 0 spiro atoms. The lowest BCUT2D eigenvalue weighted by Crippen LogP contribution is -2.38. The van der Waals surface area contributed by atoms with Gasteiger partial charge in [0.05, 0.1) is 0 Å². The molecule has 0 bridgehead atoms. The van der Waals surface area contributed by atoms with Gasteiger partial charge in [0.25, 0.3) is 5.91 Å². The van der Waals surface area contributed by atoms with Crippen LogP contribution in [0.1, 0.15) is 46.5 Å². The summed E-state index contributed by atoms with van der Waals surface area (Å²) in [6.07, 6.45) is -3.64. The van der Waals surface area contributed by atoms with E-state index in [0.717, 1.165) is 5.56 Å². The van der Waals surface area contributed by atoms with Gasteiger partial charge < -0.3 is 9.32 Å². The fourth-order valence-electron chi connectivity index (χ4n) is 2.72. The average molecular weight is 339 g/mol. The molecular formula is C16H16F3N3O2. The van der Waals surface area contributed by atoms with Gasteiger partial charge in [-0.3, -0.25) is 4.79 Å². The summed E-state index contributed by atoms with van der Waals surface area (Å²) in [5.74, 6) is -1.66. The summed E-state index contributed by atoms with van der Waals surface area (Å²) in [7, 11) is 0. The van der Waals surface area contributed by atoms with E-state index in [4.69, 9.17) is 4.42 Å². The molecule has 0 atom stereocenters. The second-order valence-corrected chi connectivity index (χ2v) is 5.88. The molecule has 1 fully saturated rings. The number of benzene rings is 1. The Kier molecular flexibility index (Phi) is 4.29. The first kappa shape index (κ1) is 16.5. The fourth-order valence-corrected chi connectivity index (χ4v) is 2.72. The number of aromatic nitrogens is 2. The van der Waals surface area contributed by atoms with Crippen molar-refractivity contribution in [3.63, 3.8) is 0 Å². The third-order valence-corrected chi connectivity index (χ3v) is 4.11. The molecule has 2 heterocycles. The lowest BCUT2D eigenvalue weighted by atomic mass is 9.96. The molecule has 5 nitrogen and oxygen atoms in total. The van der Waals surface area contributed by atoms with E-state index >= 15 is 0 Å². The number of halogens is 3. The van der Waals surface area contributed by atoms with Crippen LogP contribution in [0.3, 0.4) is 0 Å². The third-order valence-electron chi connectivity index (χ3n) is 4.11. The Hall–Kier alpha value is -2.38. The van der Waals surface area contributed by atoms with Crippen molar-refractivity contribution in [3.8, 4) is 0 Å². The lowest BCUT2D eigenvalue weighted by molar-refractivity contribution is -0.157. The summed E-state index contributed by atoms with van der Waals surface area (Å²) in [5.41, 5.74) is 1.68. The summed E-state index contributed by atoms with van der Waals surface area (Å²) < 4.78 is 42.2. The third kappa shape index (κ3) is 3.42. The van der Waals surface area contributed by atoms with Gasteiger partial charge >= 0.3 is 12.1 Å². The first-order valence-corrected chi connectivity index (χ1v) is 7.61. The first-order chi connectivity index (χ1) is 11.3. The highest BCUT2D eigenvalue weighted by Gasteiger charge is 2.39. The second-order valence-electron chi connectivity index (χ2n) is 5.88. The second kappa shape index (κ2) is 6.26. The highest BCUT2D eigenvalue weighted by molar-refractivity contribution is 5.94. The largest absolute Gasteiger partial charge is 0.470 e. The fraction of sp³-hybridized carbons (Fsp3) is 0.438. The van der Waals surface area contributed by atoms with Crippen molar-refractivity contribution in [2.75, 3.05) is 13.1 Å². The van der Waals surface area contributed by atoms with Crippen molar-refractivity contribution >= 4 is 5.91 Å². The standard InChI is InChI=1S/C16H16F3N3O2/c1-10-2-4-12(5-3-10)14(23)22-8-6-11(7-9-22)13-20-21-15(24-13)16(17,18)19/h2-5,11H,6-9H2,1H3. The Labute approximate surface area is 136 Å². The Bertz CT molecular complexity index is 717. The van der Waals surface area contributed by atoms with E-state index in [0.29, 0.717) is 31.5 Å². The number of likely N-dealkylation sites (tertiary alicyclic amines) is 1. The predicted molar refractivity (Wildman–Crippen MR) is 78.4 cm³/mol. The molecule has 3 rings (SSSR count). The smallest absolute Gasteiger partial charge is 0.417 e. The van der Waals surface area contributed by atoms with Crippen LogP contribution >= 0.6 is 0 Å². The molecule has 24 heavy (non-hydrogen) atoms. The van der Waals surface area contributed by atoms with Crippen LogP contribution in [0.25, 0.3) is 0 Å². The number of rotatable bonds is 2. The maximum atomic E-state index is 12.5. The molecule has 8 heteroatoms.